The Morgan fingerprint density at radius 3 is 2.37 bits per heavy atom. The van der Waals surface area contributed by atoms with Gasteiger partial charge in [0.25, 0.3) is 0 Å². The zero-order valence-electron chi connectivity index (χ0n) is 12.4. The molecule has 1 rings (SSSR count). The largest absolute Gasteiger partial charge is 0.341 e. The summed E-state index contributed by atoms with van der Waals surface area (Å²) in [7, 11) is 0. The van der Waals surface area contributed by atoms with Gasteiger partial charge in [0.15, 0.2) is 0 Å². The Labute approximate surface area is 116 Å². The van der Waals surface area contributed by atoms with Gasteiger partial charge in [-0.3, -0.25) is 9.59 Å². The Morgan fingerprint density at radius 2 is 1.74 bits per heavy atom. The van der Waals surface area contributed by atoms with Crippen molar-refractivity contribution < 1.29 is 9.59 Å². The van der Waals surface area contributed by atoms with Gasteiger partial charge in [-0.2, -0.15) is 0 Å². The SMILES string of the molecule is CCNCC(C)C(=O)N1CCCN(C(=O)CC)CC1. The Morgan fingerprint density at radius 1 is 1.11 bits per heavy atom. The molecule has 1 fully saturated rings. The highest BCUT2D eigenvalue weighted by molar-refractivity contribution is 5.79. The summed E-state index contributed by atoms with van der Waals surface area (Å²) in [6.45, 7) is 10.4. The van der Waals surface area contributed by atoms with E-state index >= 15 is 0 Å². The van der Waals surface area contributed by atoms with E-state index in [1.165, 1.54) is 0 Å². The number of amides is 2. The smallest absolute Gasteiger partial charge is 0.226 e. The number of carbonyl (C=O) groups is 2. The van der Waals surface area contributed by atoms with Crippen LogP contribution >= 0.6 is 0 Å². The Hall–Kier alpha value is -1.10. The predicted octanol–water partition coefficient (Wildman–Crippen LogP) is 0.703. The topological polar surface area (TPSA) is 52.7 Å². The molecule has 1 atom stereocenters. The van der Waals surface area contributed by atoms with Gasteiger partial charge in [-0.05, 0) is 13.0 Å². The van der Waals surface area contributed by atoms with Crippen molar-refractivity contribution in [2.75, 3.05) is 39.3 Å². The van der Waals surface area contributed by atoms with Crippen molar-refractivity contribution >= 4 is 11.8 Å². The van der Waals surface area contributed by atoms with E-state index in [1.54, 1.807) is 0 Å². The molecule has 0 bridgehead atoms. The van der Waals surface area contributed by atoms with Gasteiger partial charge >= 0.3 is 0 Å². The van der Waals surface area contributed by atoms with Crippen LogP contribution in [0.2, 0.25) is 0 Å². The molecule has 0 spiro atoms. The van der Waals surface area contributed by atoms with Crippen molar-refractivity contribution in [3.05, 3.63) is 0 Å². The number of hydrogen-bond donors (Lipinski definition) is 1. The summed E-state index contributed by atoms with van der Waals surface area (Å²) in [6.07, 6.45) is 1.43. The third kappa shape index (κ3) is 4.82. The number of nitrogens with zero attached hydrogens (tertiary/aromatic N) is 2. The van der Waals surface area contributed by atoms with E-state index in [4.69, 9.17) is 0 Å². The van der Waals surface area contributed by atoms with Crippen LogP contribution in [0.1, 0.15) is 33.6 Å². The minimum Gasteiger partial charge on any atom is -0.341 e. The highest BCUT2D eigenvalue weighted by Crippen LogP contribution is 2.08. The molecule has 0 aliphatic carbocycles. The molecule has 1 saturated heterocycles. The first-order valence-corrected chi connectivity index (χ1v) is 7.37. The summed E-state index contributed by atoms with van der Waals surface area (Å²) >= 11 is 0. The lowest BCUT2D eigenvalue weighted by Gasteiger charge is -2.24. The van der Waals surface area contributed by atoms with Crippen LogP contribution in [0.15, 0.2) is 0 Å². The first-order valence-electron chi connectivity index (χ1n) is 7.37. The average Bonchev–Trinajstić information content (AvgIpc) is 2.68. The Bertz CT molecular complexity index is 307. The van der Waals surface area contributed by atoms with Crippen LogP contribution in [-0.2, 0) is 9.59 Å². The molecular formula is C14H27N3O2. The van der Waals surface area contributed by atoms with E-state index in [0.717, 1.165) is 32.6 Å². The second-order valence-corrected chi connectivity index (χ2v) is 5.12. The predicted molar refractivity (Wildman–Crippen MR) is 75.8 cm³/mol. The fourth-order valence-electron chi connectivity index (χ4n) is 2.37. The lowest BCUT2D eigenvalue weighted by Crippen LogP contribution is -2.41. The molecule has 0 aromatic carbocycles. The normalized spacial score (nSPS) is 18.1. The molecule has 110 valence electrons. The monoisotopic (exact) mass is 269 g/mol. The van der Waals surface area contributed by atoms with E-state index in [-0.39, 0.29) is 17.7 Å². The van der Waals surface area contributed by atoms with Crippen LogP contribution in [0.5, 0.6) is 0 Å². The second-order valence-electron chi connectivity index (χ2n) is 5.12. The van der Waals surface area contributed by atoms with Crippen molar-refractivity contribution in [1.82, 2.24) is 15.1 Å². The summed E-state index contributed by atoms with van der Waals surface area (Å²) in [5, 5.41) is 3.21. The lowest BCUT2D eigenvalue weighted by atomic mass is 10.1. The van der Waals surface area contributed by atoms with Gasteiger partial charge in [0, 0.05) is 45.1 Å². The zero-order valence-corrected chi connectivity index (χ0v) is 12.4. The maximum atomic E-state index is 12.3. The minimum atomic E-state index is 0.00776. The Balaban J connectivity index is 2.47. The first-order chi connectivity index (χ1) is 9.10. The third-order valence-corrected chi connectivity index (χ3v) is 3.58. The first kappa shape index (κ1) is 16.0. The van der Waals surface area contributed by atoms with Gasteiger partial charge in [0.05, 0.1) is 0 Å². The van der Waals surface area contributed by atoms with Crippen molar-refractivity contribution in [3.63, 3.8) is 0 Å². The summed E-state index contributed by atoms with van der Waals surface area (Å²) in [5.41, 5.74) is 0. The zero-order chi connectivity index (χ0) is 14.3. The van der Waals surface area contributed by atoms with Gasteiger partial charge in [-0.15, -0.1) is 0 Å². The van der Waals surface area contributed by atoms with Crippen LogP contribution in [0.25, 0.3) is 0 Å². The average molecular weight is 269 g/mol. The molecule has 1 aliphatic heterocycles. The molecule has 1 unspecified atom stereocenters. The quantitative estimate of drug-likeness (QED) is 0.799. The molecular weight excluding hydrogens is 242 g/mol. The minimum absolute atomic E-state index is 0.00776. The van der Waals surface area contributed by atoms with Gasteiger partial charge < -0.3 is 15.1 Å². The van der Waals surface area contributed by atoms with Gasteiger partial charge in [-0.25, -0.2) is 0 Å². The summed E-state index contributed by atoms with van der Waals surface area (Å²) < 4.78 is 0. The van der Waals surface area contributed by atoms with E-state index in [9.17, 15) is 9.59 Å². The third-order valence-electron chi connectivity index (χ3n) is 3.58. The fourth-order valence-corrected chi connectivity index (χ4v) is 2.37. The highest BCUT2D eigenvalue weighted by Gasteiger charge is 2.24. The van der Waals surface area contributed by atoms with E-state index in [0.29, 0.717) is 19.5 Å². The van der Waals surface area contributed by atoms with Crippen LogP contribution in [-0.4, -0.2) is 60.9 Å². The van der Waals surface area contributed by atoms with Gasteiger partial charge in [0.1, 0.15) is 0 Å². The maximum absolute atomic E-state index is 12.3. The molecule has 1 heterocycles. The van der Waals surface area contributed by atoms with Gasteiger partial charge in [-0.1, -0.05) is 20.8 Å². The lowest BCUT2D eigenvalue weighted by molar-refractivity contribution is -0.135. The molecule has 0 aromatic rings. The van der Waals surface area contributed by atoms with Crippen LogP contribution < -0.4 is 5.32 Å². The number of rotatable bonds is 5. The van der Waals surface area contributed by atoms with E-state index < -0.39 is 0 Å². The van der Waals surface area contributed by atoms with Crippen molar-refractivity contribution in [2.45, 2.75) is 33.6 Å². The van der Waals surface area contributed by atoms with Crippen LogP contribution in [0.4, 0.5) is 0 Å². The van der Waals surface area contributed by atoms with Crippen molar-refractivity contribution in [2.24, 2.45) is 5.92 Å². The number of nitrogens with one attached hydrogen (secondary N) is 1. The highest BCUT2D eigenvalue weighted by atomic mass is 16.2. The van der Waals surface area contributed by atoms with Crippen LogP contribution in [0.3, 0.4) is 0 Å². The van der Waals surface area contributed by atoms with E-state index in [2.05, 4.69) is 5.32 Å². The number of hydrogen-bond acceptors (Lipinski definition) is 3. The molecule has 0 aromatic heterocycles. The molecule has 2 amide bonds. The Kier molecular flexibility index (Phi) is 6.84. The molecule has 1 N–H and O–H groups in total. The summed E-state index contributed by atoms with van der Waals surface area (Å²) in [6, 6.07) is 0. The fraction of sp³-hybridized carbons (Fsp3) is 0.857. The molecule has 1 aliphatic rings. The summed E-state index contributed by atoms with van der Waals surface area (Å²) in [5.74, 6) is 0.398. The van der Waals surface area contributed by atoms with Gasteiger partial charge in [0.2, 0.25) is 11.8 Å². The summed E-state index contributed by atoms with van der Waals surface area (Å²) in [4.78, 5) is 27.8. The van der Waals surface area contributed by atoms with Crippen molar-refractivity contribution in [1.29, 1.82) is 0 Å². The molecule has 5 heteroatoms. The number of carbonyl (C=O) groups excluding carboxylic acids is 2. The second kappa shape index (κ2) is 8.15. The molecule has 0 radical (unpaired) electrons. The molecule has 0 saturated carbocycles. The molecule has 19 heavy (non-hydrogen) atoms. The maximum Gasteiger partial charge on any atom is 0.226 e. The van der Waals surface area contributed by atoms with Crippen molar-refractivity contribution in [3.8, 4) is 0 Å². The molecule has 5 nitrogen and oxygen atoms in total. The van der Waals surface area contributed by atoms with E-state index in [1.807, 2.05) is 30.6 Å². The van der Waals surface area contributed by atoms with Crippen LogP contribution in [0, 0.1) is 5.92 Å². The standard InChI is InChI=1S/C14H27N3O2/c1-4-13(18)16-7-6-8-17(10-9-16)14(19)12(3)11-15-5-2/h12,15H,4-11H2,1-3H3.